The van der Waals surface area contributed by atoms with Crippen LogP contribution in [0.4, 0.5) is 0 Å². The van der Waals surface area contributed by atoms with Crippen molar-refractivity contribution in [1.29, 1.82) is 0 Å². The van der Waals surface area contributed by atoms with E-state index in [2.05, 4.69) is 22.2 Å². The molecule has 5 nitrogen and oxygen atoms in total. The minimum atomic E-state index is -0.00883. The Kier molecular flexibility index (Phi) is 6.67. The van der Waals surface area contributed by atoms with Gasteiger partial charge in [0.1, 0.15) is 0 Å². The first-order chi connectivity index (χ1) is 9.56. The minimum Gasteiger partial charge on any atom is -0.370 e. The zero-order chi connectivity index (χ0) is 14.5. The Balaban J connectivity index is 0.00000220. The Labute approximate surface area is 142 Å². The maximum Gasteiger partial charge on any atom is 0.251 e. The van der Waals surface area contributed by atoms with E-state index in [0.29, 0.717) is 25.6 Å². The number of fused-ring (bicyclic) bond motifs is 1. The molecule has 0 saturated carbocycles. The van der Waals surface area contributed by atoms with Gasteiger partial charge in [-0.3, -0.25) is 4.79 Å². The van der Waals surface area contributed by atoms with E-state index in [1.165, 1.54) is 0 Å². The van der Waals surface area contributed by atoms with Crippen molar-refractivity contribution in [2.24, 2.45) is 10.7 Å². The van der Waals surface area contributed by atoms with Gasteiger partial charge in [0.25, 0.3) is 5.91 Å². The number of rotatable bonds is 4. The lowest BCUT2D eigenvalue weighted by atomic mass is 9.98. The van der Waals surface area contributed by atoms with Crippen LogP contribution in [0, 0.1) is 0 Å². The molecule has 0 saturated heterocycles. The van der Waals surface area contributed by atoms with Gasteiger partial charge in [0, 0.05) is 18.7 Å². The van der Waals surface area contributed by atoms with Gasteiger partial charge in [0.2, 0.25) is 0 Å². The second-order valence-corrected chi connectivity index (χ2v) is 5.01. The van der Waals surface area contributed by atoms with E-state index < -0.39 is 0 Å². The van der Waals surface area contributed by atoms with Crippen molar-refractivity contribution in [3.8, 4) is 0 Å². The van der Waals surface area contributed by atoms with E-state index >= 15 is 0 Å². The molecule has 1 aromatic carbocycles. The van der Waals surface area contributed by atoms with Crippen molar-refractivity contribution in [3.63, 3.8) is 0 Å². The van der Waals surface area contributed by atoms with E-state index in [1.54, 1.807) is 0 Å². The molecule has 1 aromatic rings. The summed E-state index contributed by atoms with van der Waals surface area (Å²) < 4.78 is 0. The molecule has 6 heteroatoms. The largest absolute Gasteiger partial charge is 0.370 e. The Bertz CT molecular complexity index is 569. The molecule has 0 fully saturated rings. The molecule has 114 valence electrons. The van der Waals surface area contributed by atoms with Crippen LogP contribution in [-0.4, -0.2) is 25.0 Å². The highest BCUT2D eigenvalue weighted by atomic mass is 127. The van der Waals surface area contributed by atoms with E-state index in [0.717, 1.165) is 28.7 Å². The number of hydrogen-bond acceptors (Lipinski definition) is 2. The SMILES string of the molecule is C=C(C)CNC(N)=NCc1ccc2c(c1)C(=O)NCC2.I. The van der Waals surface area contributed by atoms with Gasteiger partial charge in [-0.25, -0.2) is 4.99 Å². The molecule has 0 unspecified atom stereocenters. The maximum atomic E-state index is 11.8. The lowest BCUT2D eigenvalue weighted by Gasteiger charge is -2.16. The average molecular weight is 400 g/mol. The highest BCUT2D eigenvalue weighted by Crippen LogP contribution is 2.16. The smallest absolute Gasteiger partial charge is 0.251 e. The quantitative estimate of drug-likeness (QED) is 0.311. The summed E-state index contributed by atoms with van der Waals surface area (Å²) >= 11 is 0. The normalized spacial score (nSPS) is 13.8. The van der Waals surface area contributed by atoms with Gasteiger partial charge in [-0.1, -0.05) is 24.3 Å². The summed E-state index contributed by atoms with van der Waals surface area (Å²) in [7, 11) is 0. The number of carbonyl (C=O) groups excluding carboxylic acids is 1. The molecule has 21 heavy (non-hydrogen) atoms. The van der Waals surface area contributed by atoms with Crippen LogP contribution >= 0.6 is 24.0 Å². The van der Waals surface area contributed by atoms with E-state index in [4.69, 9.17) is 5.73 Å². The van der Waals surface area contributed by atoms with Crippen LogP contribution in [-0.2, 0) is 13.0 Å². The van der Waals surface area contributed by atoms with Crippen LogP contribution in [0.15, 0.2) is 35.3 Å². The fourth-order valence-electron chi connectivity index (χ4n) is 2.03. The van der Waals surface area contributed by atoms with Crippen LogP contribution in [0.2, 0.25) is 0 Å². The van der Waals surface area contributed by atoms with Gasteiger partial charge in [-0.15, -0.1) is 24.0 Å². The summed E-state index contributed by atoms with van der Waals surface area (Å²) in [6.45, 7) is 7.48. The maximum absolute atomic E-state index is 11.8. The summed E-state index contributed by atoms with van der Waals surface area (Å²) in [6, 6.07) is 5.88. The molecule has 0 radical (unpaired) electrons. The highest BCUT2D eigenvalue weighted by Gasteiger charge is 2.16. The first kappa shape index (κ1) is 17.5. The number of nitrogens with two attached hydrogens (primary N) is 1. The second kappa shape index (κ2) is 8.02. The van der Waals surface area contributed by atoms with Crippen molar-refractivity contribution in [1.82, 2.24) is 10.6 Å². The molecule has 4 N–H and O–H groups in total. The standard InChI is InChI=1S/C15H20N4O.HI/c1-10(2)8-18-15(16)19-9-11-3-4-12-5-6-17-14(20)13(12)7-11;/h3-4,7H,1,5-6,8-9H2,2H3,(H,17,20)(H3,16,18,19);1H. The lowest BCUT2D eigenvalue weighted by molar-refractivity contribution is 0.0946. The molecular formula is C15H21IN4O. The zero-order valence-electron chi connectivity index (χ0n) is 12.1. The molecule has 0 spiro atoms. The van der Waals surface area contributed by atoms with Crippen LogP contribution in [0.3, 0.4) is 0 Å². The summed E-state index contributed by atoms with van der Waals surface area (Å²) in [6.07, 6.45) is 0.882. The van der Waals surface area contributed by atoms with Gasteiger partial charge in [0.15, 0.2) is 5.96 Å². The van der Waals surface area contributed by atoms with E-state index in [1.807, 2.05) is 25.1 Å². The highest BCUT2D eigenvalue weighted by molar-refractivity contribution is 14.0. The first-order valence-electron chi connectivity index (χ1n) is 6.64. The summed E-state index contributed by atoms with van der Waals surface area (Å²) in [5, 5.41) is 5.81. The summed E-state index contributed by atoms with van der Waals surface area (Å²) in [5.74, 6) is 0.376. The average Bonchev–Trinajstić information content (AvgIpc) is 2.43. The van der Waals surface area contributed by atoms with Gasteiger partial charge in [0.05, 0.1) is 6.54 Å². The van der Waals surface area contributed by atoms with Crippen LogP contribution in [0.1, 0.15) is 28.4 Å². The number of nitrogens with one attached hydrogen (secondary N) is 2. The lowest BCUT2D eigenvalue weighted by Crippen LogP contribution is -2.33. The van der Waals surface area contributed by atoms with Crippen molar-refractivity contribution in [2.75, 3.05) is 13.1 Å². The molecular weight excluding hydrogens is 379 g/mol. The summed E-state index contributed by atoms with van der Waals surface area (Å²) in [4.78, 5) is 16.0. The number of guanidine groups is 1. The predicted octanol–water partition coefficient (Wildman–Crippen LogP) is 1.57. The summed E-state index contributed by atoms with van der Waals surface area (Å²) in [5.41, 5.74) is 9.56. The zero-order valence-corrected chi connectivity index (χ0v) is 14.4. The Morgan fingerprint density at radius 1 is 1.52 bits per heavy atom. The molecule has 2 rings (SSSR count). The van der Waals surface area contributed by atoms with Crippen LogP contribution in [0.25, 0.3) is 0 Å². The third kappa shape index (κ3) is 5.04. The van der Waals surface area contributed by atoms with Gasteiger partial charge < -0.3 is 16.4 Å². The van der Waals surface area contributed by atoms with E-state index in [-0.39, 0.29) is 29.9 Å². The molecule has 1 heterocycles. The van der Waals surface area contributed by atoms with Gasteiger partial charge in [-0.05, 0) is 30.5 Å². The third-order valence-electron chi connectivity index (χ3n) is 3.10. The van der Waals surface area contributed by atoms with Gasteiger partial charge in [-0.2, -0.15) is 0 Å². The minimum absolute atomic E-state index is 0. The number of carbonyl (C=O) groups is 1. The van der Waals surface area contributed by atoms with Crippen molar-refractivity contribution >= 4 is 35.8 Å². The van der Waals surface area contributed by atoms with Crippen molar-refractivity contribution < 1.29 is 4.79 Å². The third-order valence-corrected chi connectivity index (χ3v) is 3.10. The molecule has 1 aliphatic heterocycles. The number of aliphatic imine (C=N–C) groups is 1. The Morgan fingerprint density at radius 2 is 2.29 bits per heavy atom. The van der Waals surface area contributed by atoms with Crippen molar-refractivity contribution in [3.05, 3.63) is 47.0 Å². The molecule has 1 amide bonds. The number of amides is 1. The monoisotopic (exact) mass is 400 g/mol. The molecule has 0 atom stereocenters. The first-order valence-corrected chi connectivity index (χ1v) is 6.64. The predicted molar refractivity (Wildman–Crippen MR) is 96.0 cm³/mol. The molecule has 0 aliphatic carbocycles. The van der Waals surface area contributed by atoms with Crippen LogP contribution in [0.5, 0.6) is 0 Å². The van der Waals surface area contributed by atoms with Crippen LogP contribution < -0.4 is 16.4 Å². The Hall–Kier alpha value is -1.57. The number of hydrogen-bond donors (Lipinski definition) is 3. The molecule has 0 aromatic heterocycles. The van der Waals surface area contributed by atoms with Gasteiger partial charge >= 0.3 is 0 Å². The Morgan fingerprint density at radius 3 is 3.00 bits per heavy atom. The molecule has 1 aliphatic rings. The van der Waals surface area contributed by atoms with Crippen molar-refractivity contribution in [2.45, 2.75) is 19.9 Å². The number of benzene rings is 1. The topological polar surface area (TPSA) is 79.5 Å². The second-order valence-electron chi connectivity index (χ2n) is 5.01. The number of nitrogens with zero attached hydrogens (tertiary/aromatic N) is 1. The fourth-order valence-corrected chi connectivity index (χ4v) is 2.03. The molecule has 0 bridgehead atoms. The fraction of sp³-hybridized carbons (Fsp3) is 0.333. The van der Waals surface area contributed by atoms with E-state index in [9.17, 15) is 4.79 Å². The number of halogens is 1.